The molecule has 0 bridgehead atoms. The number of amides is 1. The van der Waals surface area contributed by atoms with Crippen molar-refractivity contribution in [3.8, 4) is 0 Å². The average Bonchev–Trinajstić information content (AvgIpc) is 3.42. The third-order valence-electron chi connectivity index (χ3n) is 6.58. The number of aromatic nitrogens is 3. The molecule has 2 aliphatic heterocycles. The lowest BCUT2D eigenvalue weighted by Gasteiger charge is -2.37. The van der Waals surface area contributed by atoms with Crippen LogP contribution in [0.1, 0.15) is 30.3 Å². The number of nitrogens with two attached hydrogens (primary N) is 1. The predicted octanol–water partition coefficient (Wildman–Crippen LogP) is 2.35. The van der Waals surface area contributed by atoms with E-state index in [1.54, 1.807) is 6.20 Å². The first-order valence-electron chi connectivity index (χ1n) is 11.1. The topological polar surface area (TPSA) is 110 Å². The summed E-state index contributed by atoms with van der Waals surface area (Å²) in [5.41, 5.74) is 10.6. The summed E-state index contributed by atoms with van der Waals surface area (Å²) in [5, 5.41) is 15.0. The van der Waals surface area contributed by atoms with E-state index in [1.807, 2.05) is 47.9 Å². The van der Waals surface area contributed by atoms with Crippen LogP contribution in [0.3, 0.4) is 0 Å². The number of nitrogens with zero attached hydrogens (tertiary/aromatic N) is 5. The van der Waals surface area contributed by atoms with Crippen molar-refractivity contribution in [2.75, 3.05) is 29.5 Å². The van der Waals surface area contributed by atoms with Gasteiger partial charge in [0.2, 0.25) is 6.23 Å². The van der Waals surface area contributed by atoms with Crippen molar-refractivity contribution in [2.45, 2.75) is 26.0 Å². The number of carbonyl (C=O) groups is 1. The molecule has 0 radical (unpaired) electrons. The van der Waals surface area contributed by atoms with Crippen LogP contribution in [0.2, 0.25) is 0 Å². The van der Waals surface area contributed by atoms with Gasteiger partial charge in [0.15, 0.2) is 0 Å². The highest BCUT2D eigenvalue weighted by Gasteiger charge is 2.36. The molecule has 2 aromatic heterocycles. The molecule has 1 saturated heterocycles. The van der Waals surface area contributed by atoms with Crippen molar-refractivity contribution in [3.05, 3.63) is 59.9 Å². The zero-order chi connectivity index (χ0) is 23.1. The Balaban J connectivity index is 1.65. The van der Waals surface area contributed by atoms with E-state index >= 15 is 0 Å². The summed E-state index contributed by atoms with van der Waals surface area (Å²) in [6.07, 6.45) is 6.26. The van der Waals surface area contributed by atoms with Gasteiger partial charge in [-0.3, -0.25) is 19.4 Å². The Kier molecular flexibility index (Phi) is 5.41. The molecule has 3 aromatic rings. The van der Waals surface area contributed by atoms with Crippen molar-refractivity contribution in [2.24, 2.45) is 18.7 Å². The van der Waals surface area contributed by atoms with Gasteiger partial charge in [-0.15, -0.1) is 0 Å². The minimum absolute atomic E-state index is 0.208. The van der Waals surface area contributed by atoms with Gasteiger partial charge in [0.05, 0.1) is 23.1 Å². The van der Waals surface area contributed by atoms with E-state index < -0.39 is 12.1 Å². The first-order valence-corrected chi connectivity index (χ1v) is 11.1. The summed E-state index contributed by atoms with van der Waals surface area (Å²) in [7, 11) is 1.92. The number of rotatable bonds is 5. The number of carbonyl (C=O) groups excluding carboxylic acids is 1. The van der Waals surface area contributed by atoms with E-state index in [2.05, 4.69) is 21.0 Å². The number of benzene rings is 1. The summed E-state index contributed by atoms with van der Waals surface area (Å²) >= 11 is 0. The van der Waals surface area contributed by atoms with Crippen LogP contribution in [0.4, 0.5) is 11.4 Å². The molecule has 0 aliphatic carbocycles. The highest BCUT2D eigenvalue weighted by molar-refractivity contribution is 6.00. The SMILES string of the molecule is Cc1cc(C2OC=C(C(N)=O)N2c2cc3cnn(C)c3cc2N2CCC(CO)CC2)ccn1. The number of fused-ring (bicyclic) bond motifs is 1. The lowest BCUT2D eigenvalue weighted by Crippen LogP contribution is -2.37. The fourth-order valence-electron chi connectivity index (χ4n) is 4.73. The van der Waals surface area contributed by atoms with E-state index in [4.69, 9.17) is 10.5 Å². The number of piperidine rings is 1. The number of ether oxygens (including phenoxy) is 1. The van der Waals surface area contributed by atoms with Gasteiger partial charge >= 0.3 is 0 Å². The molecule has 1 amide bonds. The monoisotopic (exact) mass is 448 g/mol. The minimum atomic E-state index is -0.556. The standard InChI is InChI=1S/C24H28N6O3/c1-15-9-17(3-6-26-15)24-30(22(14-33-24)23(25)32)21-10-18-12-27-28(2)19(18)11-20(21)29-7-4-16(13-31)5-8-29/h3,6,9-12,14,16,24,31H,4-5,7-8,13H2,1-2H3,(H2,25,32). The summed E-state index contributed by atoms with van der Waals surface area (Å²) < 4.78 is 7.84. The van der Waals surface area contributed by atoms with Crippen LogP contribution in [-0.2, 0) is 16.6 Å². The molecule has 1 fully saturated rings. The minimum Gasteiger partial charge on any atom is -0.471 e. The molecule has 0 spiro atoms. The Morgan fingerprint density at radius 2 is 2.03 bits per heavy atom. The zero-order valence-corrected chi connectivity index (χ0v) is 18.8. The third-order valence-corrected chi connectivity index (χ3v) is 6.58. The van der Waals surface area contributed by atoms with Crippen LogP contribution >= 0.6 is 0 Å². The van der Waals surface area contributed by atoms with Crippen LogP contribution in [0, 0.1) is 12.8 Å². The van der Waals surface area contributed by atoms with Gasteiger partial charge in [-0.25, -0.2) is 0 Å². The molecular weight excluding hydrogens is 420 g/mol. The van der Waals surface area contributed by atoms with Gasteiger partial charge < -0.3 is 20.5 Å². The molecule has 1 atom stereocenters. The molecule has 33 heavy (non-hydrogen) atoms. The molecule has 1 aromatic carbocycles. The van der Waals surface area contributed by atoms with Gasteiger partial charge in [0.1, 0.15) is 12.0 Å². The second-order valence-corrected chi connectivity index (χ2v) is 8.74. The highest BCUT2D eigenvalue weighted by atomic mass is 16.5. The number of aliphatic hydroxyl groups is 1. The Morgan fingerprint density at radius 1 is 1.24 bits per heavy atom. The predicted molar refractivity (Wildman–Crippen MR) is 125 cm³/mol. The molecule has 1 unspecified atom stereocenters. The van der Waals surface area contributed by atoms with E-state index in [-0.39, 0.29) is 6.61 Å². The number of hydrogen-bond acceptors (Lipinski definition) is 7. The lowest BCUT2D eigenvalue weighted by molar-refractivity contribution is -0.114. The molecule has 3 N–H and O–H groups in total. The van der Waals surface area contributed by atoms with Crippen molar-refractivity contribution in [1.29, 1.82) is 0 Å². The molecule has 4 heterocycles. The summed E-state index contributed by atoms with van der Waals surface area (Å²) in [5.74, 6) is -0.242. The Morgan fingerprint density at radius 3 is 2.73 bits per heavy atom. The van der Waals surface area contributed by atoms with Gasteiger partial charge in [-0.05, 0) is 49.9 Å². The fourth-order valence-corrected chi connectivity index (χ4v) is 4.73. The maximum Gasteiger partial charge on any atom is 0.268 e. The molecule has 9 nitrogen and oxygen atoms in total. The zero-order valence-electron chi connectivity index (χ0n) is 18.8. The molecule has 2 aliphatic rings. The number of pyridine rings is 1. The van der Waals surface area contributed by atoms with E-state index in [0.29, 0.717) is 11.6 Å². The second-order valence-electron chi connectivity index (χ2n) is 8.74. The lowest BCUT2D eigenvalue weighted by atomic mass is 9.97. The van der Waals surface area contributed by atoms with Crippen LogP contribution < -0.4 is 15.5 Å². The Hall–Kier alpha value is -3.59. The Bertz CT molecular complexity index is 1230. The molecule has 0 saturated carbocycles. The van der Waals surface area contributed by atoms with E-state index in [0.717, 1.165) is 59.5 Å². The van der Waals surface area contributed by atoms with E-state index in [1.165, 1.54) is 6.26 Å². The molecule has 5 rings (SSSR count). The number of anilines is 2. The summed E-state index contributed by atoms with van der Waals surface area (Å²) in [6.45, 7) is 3.75. The van der Waals surface area contributed by atoms with Gasteiger partial charge in [0.25, 0.3) is 5.91 Å². The van der Waals surface area contributed by atoms with Crippen molar-refractivity contribution < 1.29 is 14.6 Å². The highest BCUT2D eigenvalue weighted by Crippen LogP contribution is 2.44. The number of aliphatic hydroxyl groups excluding tert-OH is 1. The van der Waals surface area contributed by atoms with Crippen molar-refractivity contribution in [1.82, 2.24) is 14.8 Å². The summed E-state index contributed by atoms with van der Waals surface area (Å²) in [6, 6.07) is 7.99. The number of primary amides is 1. The second kappa shape index (κ2) is 8.40. The normalized spacial score (nSPS) is 19.1. The number of hydrogen-bond donors (Lipinski definition) is 2. The maximum absolute atomic E-state index is 12.4. The number of aryl methyl sites for hydroxylation is 2. The average molecular weight is 449 g/mol. The Labute approximate surface area is 192 Å². The molecular formula is C24H28N6O3. The maximum atomic E-state index is 12.4. The third kappa shape index (κ3) is 3.78. The summed E-state index contributed by atoms with van der Waals surface area (Å²) in [4.78, 5) is 20.9. The van der Waals surface area contributed by atoms with Crippen molar-refractivity contribution >= 4 is 28.2 Å². The van der Waals surface area contributed by atoms with Crippen LogP contribution in [0.25, 0.3) is 10.9 Å². The van der Waals surface area contributed by atoms with Gasteiger partial charge in [-0.1, -0.05) is 0 Å². The van der Waals surface area contributed by atoms with Crippen LogP contribution in [0.5, 0.6) is 0 Å². The largest absolute Gasteiger partial charge is 0.471 e. The quantitative estimate of drug-likeness (QED) is 0.617. The van der Waals surface area contributed by atoms with E-state index in [9.17, 15) is 9.90 Å². The van der Waals surface area contributed by atoms with Crippen molar-refractivity contribution in [3.63, 3.8) is 0 Å². The smallest absolute Gasteiger partial charge is 0.268 e. The van der Waals surface area contributed by atoms with Crippen LogP contribution in [-0.4, -0.2) is 45.5 Å². The molecule has 172 valence electrons. The van der Waals surface area contributed by atoms with Gasteiger partial charge in [-0.2, -0.15) is 5.10 Å². The fraction of sp³-hybridized carbons (Fsp3) is 0.375. The first-order chi connectivity index (χ1) is 16.0. The van der Waals surface area contributed by atoms with Crippen LogP contribution in [0.15, 0.2) is 48.6 Å². The van der Waals surface area contributed by atoms with Gasteiger partial charge in [0, 0.05) is 49.6 Å². The molecule has 9 heteroatoms. The first kappa shape index (κ1) is 21.3.